The Morgan fingerprint density at radius 3 is 3.10 bits per heavy atom. The Morgan fingerprint density at radius 1 is 1.45 bits per heavy atom. The van der Waals surface area contributed by atoms with E-state index < -0.39 is 0 Å². The highest BCUT2D eigenvalue weighted by molar-refractivity contribution is 5.93. The highest BCUT2D eigenvalue weighted by Crippen LogP contribution is 2.11. The molecule has 104 valence electrons. The number of carbonyl (C=O) groups is 2. The third kappa shape index (κ3) is 2.22. The zero-order valence-corrected chi connectivity index (χ0v) is 11.0. The van der Waals surface area contributed by atoms with Gasteiger partial charge in [-0.3, -0.25) is 9.59 Å². The van der Waals surface area contributed by atoms with Gasteiger partial charge in [0.25, 0.3) is 5.91 Å². The fourth-order valence-electron chi connectivity index (χ4n) is 2.41. The first-order chi connectivity index (χ1) is 9.65. The molecule has 3 heterocycles. The summed E-state index contributed by atoms with van der Waals surface area (Å²) in [6.07, 6.45) is 4.26. The van der Waals surface area contributed by atoms with Crippen molar-refractivity contribution in [1.29, 1.82) is 0 Å². The van der Waals surface area contributed by atoms with Gasteiger partial charge in [-0.05, 0) is 19.4 Å². The number of carbonyl (C=O) groups excluding carboxylic acids is 2. The molecule has 1 fully saturated rings. The Bertz CT molecular complexity index is 666. The third-order valence-electron chi connectivity index (χ3n) is 3.51. The average Bonchev–Trinajstić information content (AvgIpc) is 2.90. The van der Waals surface area contributed by atoms with Crippen LogP contribution in [0, 0.1) is 0 Å². The molecule has 0 saturated carbocycles. The maximum atomic E-state index is 12.3. The highest BCUT2D eigenvalue weighted by Gasteiger charge is 2.27. The molecule has 2 aromatic heterocycles. The van der Waals surface area contributed by atoms with E-state index in [4.69, 9.17) is 0 Å². The summed E-state index contributed by atoms with van der Waals surface area (Å²) in [6, 6.07) is 3.22. The van der Waals surface area contributed by atoms with Gasteiger partial charge in [0.2, 0.25) is 5.91 Å². The van der Waals surface area contributed by atoms with Gasteiger partial charge < -0.3 is 10.6 Å². The van der Waals surface area contributed by atoms with E-state index in [1.54, 1.807) is 24.5 Å². The van der Waals surface area contributed by atoms with Crippen molar-refractivity contribution >= 4 is 17.5 Å². The van der Waals surface area contributed by atoms with Gasteiger partial charge in [0.15, 0.2) is 5.65 Å². The molecule has 3 rings (SSSR count). The molecule has 2 N–H and O–H groups in total. The molecule has 0 aromatic carbocycles. The van der Waals surface area contributed by atoms with Crippen molar-refractivity contribution < 1.29 is 9.59 Å². The topological polar surface area (TPSA) is 88.4 Å². The van der Waals surface area contributed by atoms with Crippen LogP contribution in [0.25, 0.3) is 5.65 Å². The maximum absolute atomic E-state index is 12.3. The Morgan fingerprint density at radius 2 is 2.30 bits per heavy atom. The lowest BCUT2D eigenvalue weighted by Gasteiger charge is -2.30. The summed E-state index contributed by atoms with van der Waals surface area (Å²) in [7, 11) is 0. The minimum absolute atomic E-state index is 0.0291. The molecule has 2 aromatic rings. The molecular formula is C13H15N5O2. The molecule has 0 bridgehead atoms. The lowest BCUT2D eigenvalue weighted by atomic mass is 9.99. The number of nitrogens with zero attached hydrogens (tertiary/aromatic N) is 3. The standard InChI is InChI=1S/C13H15N5O2/c1-8-9(2-3-12(19)16-8)17-13(20)10-4-6-14-11-5-7-15-18(10)11/h4-9H,2-3H2,1H3,(H,16,19)(H,17,20). The van der Waals surface area contributed by atoms with Crippen LogP contribution in [0.1, 0.15) is 30.3 Å². The van der Waals surface area contributed by atoms with Crippen LogP contribution in [0.2, 0.25) is 0 Å². The molecule has 0 radical (unpaired) electrons. The fourth-order valence-corrected chi connectivity index (χ4v) is 2.41. The zero-order chi connectivity index (χ0) is 14.1. The molecule has 0 aliphatic carbocycles. The van der Waals surface area contributed by atoms with Crippen molar-refractivity contribution in [2.75, 3.05) is 0 Å². The Labute approximate surface area is 115 Å². The van der Waals surface area contributed by atoms with Crippen molar-refractivity contribution in [1.82, 2.24) is 25.2 Å². The van der Waals surface area contributed by atoms with Gasteiger partial charge in [-0.15, -0.1) is 0 Å². The fraction of sp³-hybridized carbons (Fsp3) is 0.385. The molecule has 2 unspecified atom stereocenters. The number of aromatic nitrogens is 3. The summed E-state index contributed by atoms with van der Waals surface area (Å²) >= 11 is 0. The van der Waals surface area contributed by atoms with Crippen molar-refractivity contribution in [3.63, 3.8) is 0 Å². The van der Waals surface area contributed by atoms with Crippen molar-refractivity contribution in [3.05, 3.63) is 30.2 Å². The van der Waals surface area contributed by atoms with Crippen LogP contribution in [-0.4, -0.2) is 38.5 Å². The van der Waals surface area contributed by atoms with Crippen LogP contribution in [0.5, 0.6) is 0 Å². The van der Waals surface area contributed by atoms with E-state index >= 15 is 0 Å². The van der Waals surface area contributed by atoms with E-state index in [2.05, 4.69) is 20.7 Å². The van der Waals surface area contributed by atoms with E-state index in [1.807, 2.05) is 6.92 Å². The maximum Gasteiger partial charge on any atom is 0.270 e. The van der Waals surface area contributed by atoms with Crippen LogP contribution >= 0.6 is 0 Å². The first kappa shape index (κ1) is 12.6. The minimum Gasteiger partial charge on any atom is -0.352 e. The van der Waals surface area contributed by atoms with Crippen molar-refractivity contribution in [3.8, 4) is 0 Å². The van der Waals surface area contributed by atoms with Crippen LogP contribution in [0.4, 0.5) is 0 Å². The van der Waals surface area contributed by atoms with E-state index in [0.29, 0.717) is 24.2 Å². The lowest BCUT2D eigenvalue weighted by Crippen LogP contribution is -2.54. The number of rotatable bonds is 2. The van der Waals surface area contributed by atoms with Gasteiger partial charge in [0, 0.05) is 30.8 Å². The summed E-state index contributed by atoms with van der Waals surface area (Å²) in [5.41, 5.74) is 1.06. The van der Waals surface area contributed by atoms with Crippen LogP contribution in [-0.2, 0) is 4.79 Å². The normalized spacial score (nSPS) is 22.6. The van der Waals surface area contributed by atoms with Crippen LogP contribution < -0.4 is 10.6 Å². The Kier molecular flexibility index (Phi) is 3.09. The van der Waals surface area contributed by atoms with Gasteiger partial charge >= 0.3 is 0 Å². The summed E-state index contributed by atoms with van der Waals surface area (Å²) in [5, 5.41) is 9.86. The predicted octanol–water partition coefficient (Wildman–Crippen LogP) is 0.126. The van der Waals surface area contributed by atoms with Crippen molar-refractivity contribution in [2.24, 2.45) is 0 Å². The van der Waals surface area contributed by atoms with Crippen LogP contribution in [0.15, 0.2) is 24.5 Å². The van der Waals surface area contributed by atoms with E-state index in [-0.39, 0.29) is 23.9 Å². The summed E-state index contributed by atoms with van der Waals surface area (Å²) in [5.74, 6) is -0.185. The van der Waals surface area contributed by atoms with Crippen molar-refractivity contribution in [2.45, 2.75) is 31.8 Å². The molecule has 1 saturated heterocycles. The zero-order valence-electron chi connectivity index (χ0n) is 11.0. The molecule has 1 aliphatic heterocycles. The second-order valence-electron chi connectivity index (χ2n) is 4.91. The molecule has 7 heteroatoms. The largest absolute Gasteiger partial charge is 0.352 e. The van der Waals surface area contributed by atoms with Gasteiger partial charge in [0.05, 0.1) is 6.20 Å². The SMILES string of the molecule is CC1NC(=O)CCC1NC(=O)c1ccnc2ccnn12. The molecule has 2 amide bonds. The van der Waals surface area contributed by atoms with E-state index in [1.165, 1.54) is 4.52 Å². The predicted molar refractivity (Wildman–Crippen MR) is 71.1 cm³/mol. The second-order valence-corrected chi connectivity index (χ2v) is 4.91. The number of hydrogen-bond donors (Lipinski definition) is 2. The van der Waals surface area contributed by atoms with Gasteiger partial charge in [0.1, 0.15) is 5.69 Å². The molecule has 7 nitrogen and oxygen atoms in total. The quantitative estimate of drug-likeness (QED) is 0.814. The van der Waals surface area contributed by atoms with Gasteiger partial charge in [-0.2, -0.15) is 5.10 Å². The van der Waals surface area contributed by atoms with E-state index in [9.17, 15) is 9.59 Å². The first-order valence-electron chi connectivity index (χ1n) is 6.54. The first-order valence-corrected chi connectivity index (χ1v) is 6.54. The van der Waals surface area contributed by atoms with Crippen LogP contribution in [0.3, 0.4) is 0 Å². The lowest BCUT2D eigenvalue weighted by molar-refractivity contribution is -0.123. The summed E-state index contributed by atoms with van der Waals surface area (Å²) in [4.78, 5) is 27.7. The summed E-state index contributed by atoms with van der Waals surface area (Å²) in [6.45, 7) is 1.89. The molecular weight excluding hydrogens is 258 g/mol. The highest BCUT2D eigenvalue weighted by atomic mass is 16.2. The number of amides is 2. The Hall–Kier alpha value is -2.44. The van der Waals surface area contributed by atoms with Gasteiger partial charge in [-0.1, -0.05) is 0 Å². The average molecular weight is 273 g/mol. The molecule has 20 heavy (non-hydrogen) atoms. The number of nitrogens with one attached hydrogen (secondary N) is 2. The molecule has 1 aliphatic rings. The third-order valence-corrected chi connectivity index (χ3v) is 3.51. The van der Waals surface area contributed by atoms with E-state index in [0.717, 1.165) is 0 Å². The smallest absolute Gasteiger partial charge is 0.270 e. The minimum atomic E-state index is -0.214. The second kappa shape index (κ2) is 4.92. The number of fused-ring (bicyclic) bond motifs is 1. The Balaban J connectivity index is 1.79. The number of hydrogen-bond acceptors (Lipinski definition) is 4. The molecule has 2 atom stereocenters. The summed E-state index contributed by atoms with van der Waals surface area (Å²) < 4.78 is 1.50. The monoisotopic (exact) mass is 273 g/mol. The molecule has 0 spiro atoms. The number of piperidine rings is 1. The van der Waals surface area contributed by atoms with Gasteiger partial charge in [-0.25, -0.2) is 9.50 Å².